The van der Waals surface area contributed by atoms with E-state index in [0.29, 0.717) is 0 Å². The minimum atomic E-state index is -0.796. The Morgan fingerprint density at radius 3 is 2.29 bits per heavy atom. The summed E-state index contributed by atoms with van der Waals surface area (Å²) < 4.78 is 0. The number of nitrogens with one attached hydrogen (secondary N) is 1. The van der Waals surface area contributed by atoms with E-state index in [1.165, 1.54) is 6.42 Å². The van der Waals surface area contributed by atoms with Crippen molar-refractivity contribution in [1.29, 1.82) is 0 Å². The molecule has 0 radical (unpaired) electrons. The Bertz CT molecular complexity index is 440. The highest BCUT2D eigenvalue weighted by Gasteiger charge is 2.51. The van der Waals surface area contributed by atoms with Crippen molar-refractivity contribution in [1.82, 2.24) is 10.2 Å². The monoisotopic (exact) mass is 294 g/mol. The SMILES string of the molecule is CC(C)C1C(=O)NC(C)(C)C(=O)N1C1CCCCC1(C)C. The van der Waals surface area contributed by atoms with Gasteiger partial charge in [-0.25, -0.2) is 0 Å². The third kappa shape index (κ3) is 2.82. The van der Waals surface area contributed by atoms with Crippen LogP contribution in [0.2, 0.25) is 0 Å². The predicted molar refractivity (Wildman–Crippen MR) is 83.7 cm³/mol. The molecule has 0 bridgehead atoms. The summed E-state index contributed by atoms with van der Waals surface area (Å²) in [6, 6.07) is -0.177. The zero-order valence-corrected chi connectivity index (χ0v) is 14.3. The van der Waals surface area contributed by atoms with Gasteiger partial charge < -0.3 is 10.2 Å². The molecule has 2 atom stereocenters. The Hall–Kier alpha value is -1.06. The number of nitrogens with zero attached hydrogens (tertiary/aromatic N) is 1. The van der Waals surface area contributed by atoms with Crippen LogP contribution in [-0.4, -0.2) is 34.3 Å². The van der Waals surface area contributed by atoms with Gasteiger partial charge in [0.1, 0.15) is 11.6 Å². The Labute approximate surface area is 128 Å². The first kappa shape index (κ1) is 16.3. The zero-order chi connectivity index (χ0) is 16.0. The van der Waals surface area contributed by atoms with Crippen molar-refractivity contribution >= 4 is 11.8 Å². The molecule has 2 rings (SSSR count). The molecule has 1 aliphatic heterocycles. The molecule has 1 N–H and O–H groups in total. The molecule has 4 nitrogen and oxygen atoms in total. The van der Waals surface area contributed by atoms with Crippen LogP contribution in [0.1, 0.15) is 67.2 Å². The summed E-state index contributed by atoms with van der Waals surface area (Å²) in [5.41, 5.74) is -0.718. The van der Waals surface area contributed by atoms with Gasteiger partial charge in [0.25, 0.3) is 0 Å². The first-order valence-corrected chi connectivity index (χ1v) is 8.23. The third-order valence-corrected chi connectivity index (χ3v) is 5.19. The quantitative estimate of drug-likeness (QED) is 0.851. The first-order valence-electron chi connectivity index (χ1n) is 8.23. The fraction of sp³-hybridized carbons (Fsp3) is 0.882. The molecule has 120 valence electrons. The molecular weight excluding hydrogens is 264 g/mol. The van der Waals surface area contributed by atoms with Crippen LogP contribution < -0.4 is 5.32 Å². The molecule has 0 aromatic carbocycles. The summed E-state index contributed by atoms with van der Waals surface area (Å²) >= 11 is 0. The molecule has 1 aliphatic carbocycles. The van der Waals surface area contributed by atoms with E-state index in [-0.39, 0.29) is 35.2 Å². The standard InChI is InChI=1S/C17H30N2O2/c1-11(2)13-14(20)18-17(5,6)15(21)19(13)12-9-7-8-10-16(12,3)4/h11-13H,7-10H2,1-6H3,(H,18,20). The van der Waals surface area contributed by atoms with Crippen molar-refractivity contribution in [3.63, 3.8) is 0 Å². The van der Waals surface area contributed by atoms with Crippen molar-refractivity contribution in [2.45, 2.75) is 84.8 Å². The molecule has 2 amide bonds. The van der Waals surface area contributed by atoms with E-state index >= 15 is 0 Å². The normalized spacial score (nSPS) is 32.2. The van der Waals surface area contributed by atoms with E-state index in [9.17, 15) is 9.59 Å². The van der Waals surface area contributed by atoms with Gasteiger partial charge in [-0.2, -0.15) is 0 Å². The van der Waals surface area contributed by atoms with Crippen molar-refractivity contribution in [3.8, 4) is 0 Å². The molecule has 1 heterocycles. The largest absolute Gasteiger partial charge is 0.340 e. The van der Waals surface area contributed by atoms with Crippen LogP contribution in [0.25, 0.3) is 0 Å². The Morgan fingerprint density at radius 1 is 1.14 bits per heavy atom. The van der Waals surface area contributed by atoms with Crippen LogP contribution in [0.4, 0.5) is 0 Å². The predicted octanol–water partition coefficient (Wildman–Crippen LogP) is 2.72. The van der Waals surface area contributed by atoms with E-state index in [2.05, 4.69) is 19.2 Å². The highest BCUT2D eigenvalue weighted by atomic mass is 16.2. The second kappa shape index (κ2) is 5.29. The van der Waals surface area contributed by atoms with Gasteiger partial charge >= 0.3 is 0 Å². The second-order valence-electron chi connectivity index (χ2n) is 8.27. The van der Waals surface area contributed by atoms with Crippen molar-refractivity contribution in [2.75, 3.05) is 0 Å². The molecule has 21 heavy (non-hydrogen) atoms. The van der Waals surface area contributed by atoms with Crippen LogP contribution in [-0.2, 0) is 9.59 Å². The van der Waals surface area contributed by atoms with Crippen LogP contribution >= 0.6 is 0 Å². The van der Waals surface area contributed by atoms with Crippen LogP contribution in [0.3, 0.4) is 0 Å². The number of amides is 2. The maximum Gasteiger partial charge on any atom is 0.248 e. The highest BCUT2D eigenvalue weighted by molar-refractivity contribution is 5.99. The number of carbonyl (C=O) groups is 2. The number of carbonyl (C=O) groups excluding carboxylic acids is 2. The minimum absolute atomic E-state index is 0.00373. The number of hydrogen-bond acceptors (Lipinski definition) is 2. The number of rotatable bonds is 2. The summed E-state index contributed by atoms with van der Waals surface area (Å²) in [5.74, 6) is 0.194. The minimum Gasteiger partial charge on any atom is -0.340 e. The summed E-state index contributed by atoms with van der Waals surface area (Å²) in [7, 11) is 0. The Kier molecular flexibility index (Phi) is 4.11. The lowest BCUT2D eigenvalue weighted by molar-refractivity contribution is -0.163. The molecule has 0 spiro atoms. The maximum absolute atomic E-state index is 13.0. The Balaban J connectivity index is 2.43. The lowest BCUT2D eigenvalue weighted by Gasteiger charge is -2.53. The zero-order valence-electron chi connectivity index (χ0n) is 14.3. The molecule has 0 aromatic rings. The topological polar surface area (TPSA) is 49.4 Å². The van der Waals surface area contributed by atoms with Gasteiger partial charge in [0.05, 0.1) is 0 Å². The smallest absolute Gasteiger partial charge is 0.248 e. The average Bonchev–Trinajstić information content (AvgIpc) is 2.32. The van der Waals surface area contributed by atoms with Gasteiger partial charge in [-0.3, -0.25) is 9.59 Å². The van der Waals surface area contributed by atoms with E-state index in [4.69, 9.17) is 0 Å². The van der Waals surface area contributed by atoms with Crippen molar-refractivity contribution in [2.24, 2.45) is 11.3 Å². The molecule has 0 aromatic heterocycles. The van der Waals surface area contributed by atoms with Crippen LogP contribution in [0.15, 0.2) is 0 Å². The number of hydrogen-bond donors (Lipinski definition) is 1. The average molecular weight is 294 g/mol. The third-order valence-electron chi connectivity index (χ3n) is 5.19. The number of piperazine rings is 1. The highest BCUT2D eigenvalue weighted by Crippen LogP contribution is 2.41. The van der Waals surface area contributed by atoms with Crippen molar-refractivity contribution < 1.29 is 9.59 Å². The molecule has 4 heteroatoms. The molecular formula is C17H30N2O2. The first-order chi connectivity index (χ1) is 9.58. The van der Waals surface area contributed by atoms with Gasteiger partial charge in [0.2, 0.25) is 11.8 Å². The van der Waals surface area contributed by atoms with Gasteiger partial charge in [-0.15, -0.1) is 0 Å². The van der Waals surface area contributed by atoms with Crippen LogP contribution in [0, 0.1) is 11.3 Å². The summed E-state index contributed by atoms with van der Waals surface area (Å²) in [6.07, 6.45) is 4.48. The fourth-order valence-corrected chi connectivity index (χ4v) is 3.96. The van der Waals surface area contributed by atoms with Gasteiger partial charge in [-0.05, 0) is 38.0 Å². The lowest BCUT2D eigenvalue weighted by atomic mass is 9.71. The van der Waals surface area contributed by atoms with E-state index in [0.717, 1.165) is 19.3 Å². The molecule has 1 saturated heterocycles. The molecule has 1 saturated carbocycles. The second-order valence-corrected chi connectivity index (χ2v) is 8.27. The molecule has 2 aliphatic rings. The maximum atomic E-state index is 13.0. The molecule has 2 fully saturated rings. The van der Waals surface area contributed by atoms with Crippen LogP contribution in [0.5, 0.6) is 0 Å². The summed E-state index contributed by atoms with van der Waals surface area (Å²) in [5, 5.41) is 2.90. The van der Waals surface area contributed by atoms with E-state index < -0.39 is 5.54 Å². The summed E-state index contributed by atoms with van der Waals surface area (Å²) in [4.78, 5) is 27.5. The summed E-state index contributed by atoms with van der Waals surface area (Å²) in [6.45, 7) is 12.2. The van der Waals surface area contributed by atoms with Gasteiger partial charge in [0.15, 0.2) is 0 Å². The van der Waals surface area contributed by atoms with Gasteiger partial charge in [-0.1, -0.05) is 40.5 Å². The van der Waals surface area contributed by atoms with E-state index in [1.807, 2.05) is 32.6 Å². The van der Waals surface area contributed by atoms with Crippen molar-refractivity contribution in [3.05, 3.63) is 0 Å². The van der Waals surface area contributed by atoms with Gasteiger partial charge in [0, 0.05) is 6.04 Å². The lowest BCUT2D eigenvalue weighted by Crippen LogP contribution is -2.72. The Morgan fingerprint density at radius 2 is 1.76 bits per heavy atom. The van der Waals surface area contributed by atoms with E-state index in [1.54, 1.807) is 0 Å². The molecule has 2 unspecified atom stereocenters. The fourth-order valence-electron chi connectivity index (χ4n) is 3.96.